The lowest BCUT2D eigenvalue weighted by Gasteiger charge is -2.24. The highest BCUT2D eigenvalue weighted by Gasteiger charge is 2.30. The van der Waals surface area contributed by atoms with Crippen molar-refractivity contribution in [3.05, 3.63) is 11.1 Å². The molecular formula is C13H20O3. The van der Waals surface area contributed by atoms with Crippen LogP contribution < -0.4 is 0 Å². The van der Waals surface area contributed by atoms with E-state index < -0.39 is 0 Å². The fraction of sp³-hybridized carbons (Fsp3) is 0.692. The standard InChI is InChI=1S/C13H20O3/c1-4-6-10-8-11(14)7-9(3)12(10)13(15)16-5-2/h10H,4-8H2,1-3H3. The Kier molecular flexibility index (Phi) is 4.71. The molecule has 16 heavy (non-hydrogen) atoms. The minimum atomic E-state index is -0.231. The van der Waals surface area contributed by atoms with Gasteiger partial charge in [0.15, 0.2) is 0 Å². The summed E-state index contributed by atoms with van der Waals surface area (Å²) in [5.74, 6) is 0.0836. The van der Waals surface area contributed by atoms with Gasteiger partial charge in [-0.25, -0.2) is 4.79 Å². The van der Waals surface area contributed by atoms with Crippen LogP contribution in [0.1, 0.15) is 46.5 Å². The van der Waals surface area contributed by atoms with E-state index in [9.17, 15) is 9.59 Å². The summed E-state index contributed by atoms with van der Waals surface area (Å²) in [6, 6.07) is 0. The van der Waals surface area contributed by atoms with Crippen LogP contribution in [0.3, 0.4) is 0 Å². The molecule has 1 aliphatic carbocycles. The molecule has 0 saturated heterocycles. The summed E-state index contributed by atoms with van der Waals surface area (Å²) in [6.45, 7) is 6.13. The van der Waals surface area contributed by atoms with Crippen molar-refractivity contribution in [3.8, 4) is 0 Å². The van der Waals surface area contributed by atoms with Crippen LogP contribution in [0.2, 0.25) is 0 Å². The molecule has 90 valence electrons. The van der Waals surface area contributed by atoms with Crippen LogP contribution in [-0.4, -0.2) is 18.4 Å². The number of carbonyl (C=O) groups is 2. The first-order valence-corrected chi connectivity index (χ1v) is 5.98. The van der Waals surface area contributed by atoms with E-state index in [1.54, 1.807) is 6.92 Å². The van der Waals surface area contributed by atoms with Gasteiger partial charge in [-0.1, -0.05) is 18.9 Å². The van der Waals surface area contributed by atoms with Crippen molar-refractivity contribution in [1.82, 2.24) is 0 Å². The Hall–Kier alpha value is -1.12. The van der Waals surface area contributed by atoms with E-state index in [2.05, 4.69) is 6.92 Å². The second-order valence-electron chi connectivity index (χ2n) is 4.32. The third-order valence-electron chi connectivity index (χ3n) is 2.94. The Morgan fingerprint density at radius 2 is 2.12 bits per heavy atom. The minimum absolute atomic E-state index is 0.0744. The van der Waals surface area contributed by atoms with Crippen LogP contribution in [0, 0.1) is 5.92 Å². The van der Waals surface area contributed by atoms with Crippen molar-refractivity contribution < 1.29 is 14.3 Å². The van der Waals surface area contributed by atoms with Crippen LogP contribution in [-0.2, 0) is 14.3 Å². The molecule has 0 aromatic rings. The fourth-order valence-electron chi connectivity index (χ4n) is 2.33. The van der Waals surface area contributed by atoms with E-state index in [0.717, 1.165) is 24.0 Å². The highest BCUT2D eigenvalue weighted by atomic mass is 16.5. The zero-order chi connectivity index (χ0) is 12.1. The van der Waals surface area contributed by atoms with Gasteiger partial charge in [0.2, 0.25) is 0 Å². The first-order chi connectivity index (χ1) is 7.60. The molecule has 0 amide bonds. The largest absolute Gasteiger partial charge is 0.463 e. The number of esters is 1. The zero-order valence-corrected chi connectivity index (χ0v) is 10.3. The molecule has 0 bridgehead atoms. The Labute approximate surface area is 96.9 Å². The molecule has 0 aliphatic heterocycles. The number of hydrogen-bond acceptors (Lipinski definition) is 3. The van der Waals surface area contributed by atoms with E-state index in [-0.39, 0.29) is 17.7 Å². The summed E-state index contributed by atoms with van der Waals surface area (Å²) in [5, 5.41) is 0. The van der Waals surface area contributed by atoms with Gasteiger partial charge in [0, 0.05) is 18.4 Å². The molecule has 1 aliphatic rings. The second-order valence-corrected chi connectivity index (χ2v) is 4.32. The molecule has 1 rings (SSSR count). The van der Waals surface area contributed by atoms with Gasteiger partial charge in [-0.2, -0.15) is 0 Å². The molecule has 0 fully saturated rings. The molecule has 0 radical (unpaired) electrons. The summed E-state index contributed by atoms with van der Waals surface area (Å²) in [6.07, 6.45) is 2.78. The van der Waals surface area contributed by atoms with Crippen molar-refractivity contribution in [3.63, 3.8) is 0 Å². The van der Waals surface area contributed by atoms with Crippen LogP contribution in [0.25, 0.3) is 0 Å². The maximum atomic E-state index is 11.8. The molecule has 1 atom stereocenters. The summed E-state index contributed by atoms with van der Waals surface area (Å²) in [4.78, 5) is 23.3. The molecule has 0 heterocycles. The highest BCUT2D eigenvalue weighted by Crippen LogP contribution is 2.32. The Morgan fingerprint density at radius 3 is 2.69 bits per heavy atom. The number of ether oxygens (including phenoxy) is 1. The summed E-state index contributed by atoms with van der Waals surface area (Å²) >= 11 is 0. The Bertz CT molecular complexity index is 315. The van der Waals surface area contributed by atoms with E-state index in [1.165, 1.54) is 0 Å². The SMILES string of the molecule is CCCC1CC(=O)CC(C)=C1C(=O)OCC. The predicted molar refractivity (Wildman–Crippen MR) is 62.0 cm³/mol. The summed E-state index contributed by atoms with van der Waals surface area (Å²) < 4.78 is 5.06. The van der Waals surface area contributed by atoms with Crippen molar-refractivity contribution >= 4 is 11.8 Å². The van der Waals surface area contributed by atoms with Gasteiger partial charge in [-0.15, -0.1) is 0 Å². The smallest absolute Gasteiger partial charge is 0.334 e. The second kappa shape index (κ2) is 5.83. The molecular weight excluding hydrogens is 204 g/mol. The first-order valence-electron chi connectivity index (χ1n) is 5.98. The number of allylic oxidation sites excluding steroid dienone is 1. The highest BCUT2D eigenvalue weighted by molar-refractivity contribution is 5.95. The molecule has 3 heteroatoms. The van der Waals surface area contributed by atoms with Crippen LogP contribution in [0.4, 0.5) is 0 Å². The van der Waals surface area contributed by atoms with E-state index in [1.807, 2.05) is 6.92 Å². The maximum absolute atomic E-state index is 11.8. The molecule has 0 aromatic heterocycles. The van der Waals surface area contributed by atoms with Gasteiger partial charge in [0.25, 0.3) is 0 Å². The minimum Gasteiger partial charge on any atom is -0.463 e. The fourth-order valence-corrected chi connectivity index (χ4v) is 2.33. The summed E-state index contributed by atoms with van der Waals surface area (Å²) in [7, 11) is 0. The quantitative estimate of drug-likeness (QED) is 0.689. The van der Waals surface area contributed by atoms with Crippen LogP contribution in [0.5, 0.6) is 0 Å². The molecule has 0 saturated carbocycles. The van der Waals surface area contributed by atoms with Crippen LogP contribution in [0.15, 0.2) is 11.1 Å². The molecule has 0 aromatic carbocycles. The van der Waals surface area contributed by atoms with Crippen molar-refractivity contribution in [2.75, 3.05) is 6.61 Å². The van der Waals surface area contributed by atoms with Crippen LogP contribution >= 0.6 is 0 Å². The lowest BCUT2D eigenvalue weighted by Crippen LogP contribution is -2.25. The predicted octanol–water partition coefficient (Wildman–Crippen LogP) is 2.65. The Morgan fingerprint density at radius 1 is 1.44 bits per heavy atom. The van der Waals surface area contributed by atoms with Gasteiger partial charge >= 0.3 is 5.97 Å². The van der Waals surface area contributed by atoms with E-state index in [4.69, 9.17) is 4.74 Å². The lowest BCUT2D eigenvalue weighted by molar-refractivity contribution is -0.139. The number of Topliss-reactive ketones (excluding diaryl/α,β-unsaturated/α-hetero) is 1. The molecule has 3 nitrogen and oxygen atoms in total. The first kappa shape index (κ1) is 12.9. The van der Waals surface area contributed by atoms with Gasteiger partial charge in [-0.3, -0.25) is 4.79 Å². The van der Waals surface area contributed by atoms with Gasteiger partial charge < -0.3 is 4.74 Å². The number of hydrogen-bond donors (Lipinski definition) is 0. The Balaban J connectivity index is 2.92. The number of rotatable bonds is 4. The molecule has 1 unspecified atom stereocenters. The third-order valence-corrected chi connectivity index (χ3v) is 2.94. The third kappa shape index (κ3) is 2.94. The topological polar surface area (TPSA) is 43.4 Å². The zero-order valence-electron chi connectivity index (χ0n) is 10.3. The maximum Gasteiger partial charge on any atom is 0.334 e. The number of carbonyl (C=O) groups excluding carboxylic acids is 2. The summed E-state index contributed by atoms with van der Waals surface area (Å²) in [5.41, 5.74) is 1.65. The molecule has 0 N–H and O–H groups in total. The van der Waals surface area contributed by atoms with Crippen molar-refractivity contribution in [1.29, 1.82) is 0 Å². The van der Waals surface area contributed by atoms with Gasteiger partial charge in [0.05, 0.1) is 6.61 Å². The lowest BCUT2D eigenvalue weighted by atomic mass is 9.80. The monoisotopic (exact) mass is 224 g/mol. The molecule has 0 spiro atoms. The van der Waals surface area contributed by atoms with Crippen molar-refractivity contribution in [2.24, 2.45) is 5.92 Å². The average Bonchev–Trinajstić information content (AvgIpc) is 2.17. The van der Waals surface area contributed by atoms with Crippen molar-refractivity contribution in [2.45, 2.75) is 46.5 Å². The van der Waals surface area contributed by atoms with Gasteiger partial charge in [-0.05, 0) is 26.2 Å². The number of ketones is 1. The van der Waals surface area contributed by atoms with E-state index in [0.29, 0.717) is 19.4 Å². The normalized spacial score (nSPS) is 21.2. The van der Waals surface area contributed by atoms with Gasteiger partial charge in [0.1, 0.15) is 5.78 Å². The average molecular weight is 224 g/mol. The van der Waals surface area contributed by atoms with E-state index >= 15 is 0 Å².